The van der Waals surface area contributed by atoms with Crippen LogP contribution in [0.4, 0.5) is 4.39 Å². The molecule has 3 nitrogen and oxygen atoms in total. The van der Waals surface area contributed by atoms with Gasteiger partial charge in [-0.1, -0.05) is 12.5 Å². The van der Waals surface area contributed by atoms with E-state index in [2.05, 4.69) is 0 Å². The topological polar surface area (TPSA) is 55.5 Å². The number of halogens is 2. The third kappa shape index (κ3) is 2.94. The third-order valence-corrected chi connectivity index (χ3v) is 3.57. The normalized spacial score (nSPS) is 18.4. The van der Waals surface area contributed by atoms with E-state index in [9.17, 15) is 9.50 Å². The van der Waals surface area contributed by atoms with Gasteiger partial charge in [0.15, 0.2) is 0 Å². The van der Waals surface area contributed by atoms with Crippen molar-refractivity contribution in [3.05, 3.63) is 29.6 Å². The van der Waals surface area contributed by atoms with E-state index >= 15 is 0 Å². The number of rotatable bonds is 4. The standard InChI is InChI=1S/C13H18FNO2.ClH/c1-17-9-5-6-10(11(14)7-9)12(15)13(16)8-3-2-4-8;/h5-8,12-13,16H,2-4,15H2,1H3;1H/t12-,13+;/m1./s1. The number of hydrogen-bond acceptors (Lipinski definition) is 3. The van der Waals surface area contributed by atoms with Crippen molar-refractivity contribution >= 4 is 12.4 Å². The maximum Gasteiger partial charge on any atom is 0.131 e. The Labute approximate surface area is 113 Å². The van der Waals surface area contributed by atoms with Gasteiger partial charge in [0, 0.05) is 11.6 Å². The zero-order valence-electron chi connectivity index (χ0n) is 10.3. The maximum absolute atomic E-state index is 13.8. The first-order valence-corrected chi connectivity index (χ1v) is 5.90. The molecule has 1 aromatic rings. The predicted molar refractivity (Wildman–Crippen MR) is 70.5 cm³/mol. The van der Waals surface area contributed by atoms with Crippen LogP contribution in [-0.4, -0.2) is 18.3 Å². The number of aliphatic hydroxyl groups excluding tert-OH is 1. The summed E-state index contributed by atoms with van der Waals surface area (Å²) in [7, 11) is 1.48. The molecule has 1 saturated carbocycles. The second-order valence-corrected chi connectivity index (χ2v) is 4.59. The Balaban J connectivity index is 0.00000162. The van der Waals surface area contributed by atoms with E-state index < -0.39 is 18.0 Å². The molecule has 3 N–H and O–H groups in total. The average Bonchev–Trinajstić information content (AvgIpc) is 2.25. The fourth-order valence-electron chi connectivity index (χ4n) is 2.16. The van der Waals surface area contributed by atoms with Crippen LogP contribution in [0.1, 0.15) is 30.9 Å². The minimum atomic E-state index is -0.661. The molecule has 5 heteroatoms. The molecule has 0 saturated heterocycles. The number of hydrogen-bond donors (Lipinski definition) is 2. The number of methoxy groups -OCH3 is 1. The molecule has 0 unspecified atom stereocenters. The van der Waals surface area contributed by atoms with E-state index in [-0.39, 0.29) is 18.3 Å². The summed E-state index contributed by atoms with van der Waals surface area (Å²) >= 11 is 0. The van der Waals surface area contributed by atoms with Crippen molar-refractivity contribution in [3.63, 3.8) is 0 Å². The summed E-state index contributed by atoms with van der Waals surface area (Å²) < 4.78 is 18.7. The van der Waals surface area contributed by atoms with Gasteiger partial charge >= 0.3 is 0 Å². The molecule has 0 heterocycles. The van der Waals surface area contributed by atoms with Crippen LogP contribution in [0.15, 0.2) is 18.2 Å². The van der Waals surface area contributed by atoms with Gasteiger partial charge in [-0.25, -0.2) is 4.39 Å². The molecule has 1 aromatic carbocycles. The first-order valence-electron chi connectivity index (χ1n) is 5.90. The van der Waals surface area contributed by atoms with E-state index in [4.69, 9.17) is 10.5 Å². The molecule has 1 fully saturated rings. The zero-order chi connectivity index (χ0) is 12.4. The van der Waals surface area contributed by atoms with Gasteiger partial charge in [0.25, 0.3) is 0 Å². The molecule has 1 aliphatic carbocycles. The lowest BCUT2D eigenvalue weighted by molar-refractivity contribution is 0.0404. The van der Waals surface area contributed by atoms with Gasteiger partial charge in [0.2, 0.25) is 0 Å². The summed E-state index contributed by atoms with van der Waals surface area (Å²) in [5, 5.41) is 10.0. The SMILES string of the molecule is COc1ccc([C@@H](N)[C@@H](O)C2CCC2)c(F)c1.Cl. The molecular weight excluding hydrogens is 257 g/mol. The summed E-state index contributed by atoms with van der Waals surface area (Å²) in [5.74, 6) is 0.248. The molecule has 1 aliphatic rings. The fraction of sp³-hybridized carbons (Fsp3) is 0.538. The van der Waals surface area contributed by atoms with Crippen LogP contribution in [0, 0.1) is 11.7 Å². The lowest BCUT2D eigenvalue weighted by Crippen LogP contribution is -2.36. The summed E-state index contributed by atoms with van der Waals surface area (Å²) in [6, 6.07) is 3.88. The Morgan fingerprint density at radius 3 is 2.56 bits per heavy atom. The minimum Gasteiger partial charge on any atom is -0.497 e. The highest BCUT2D eigenvalue weighted by atomic mass is 35.5. The molecular formula is C13H19ClFNO2. The van der Waals surface area contributed by atoms with Crippen LogP contribution in [-0.2, 0) is 0 Å². The van der Waals surface area contributed by atoms with Crippen LogP contribution in [0.2, 0.25) is 0 Å². The summed E-state index contributed by atoms with van der Waals surface area (Å²) in [4.78, 5) is 0. The Morgan fingerprint density at radius 2 is 2.11 bits per heavy atom. The third-order valence-electron chi connectivity index (χ3n) is 3.57. The number of benzene rings is 1. The zero-order valence-corrected chi connectivity index (χ0v) is 11.1. The number of ether oxygens (including phenoxy) is 1. The van der Waals surface area contributed by atoms with Crippen molar-refractivity contribution in [2.75, 3.05) is 7.11 Å². The van der Waals surface area contributed by atoms with Crippen molar-refractivity contribution in [2.45, 2.75) is 31.4 Å². The van der Waals surface area contributed by atoms with Crippen LogP contribution in [0.25, 0.3) is 0 Å². The quantitative estimate of drug-likeness (QED) is 0.887. The summed E-state index contributed by atoms with van der Waals surface area (Å²) in [6.07, 6.45) is 2.42. The van der Waals surface area contributed by atoms with Crippen LogP contribution < -0.4 is 10.5 Å². The molecule has 0 aliphatic heterocycles. The van der Waals surface area contributed by atoms with E-state index in [1.54, 1.807) is 12.1 Å². The lowest BCUT2D eigenvalue weighted by Gasteiger charge is -2.33. The van der Waals surface area contributed by atoms with Crippen molar-refractivity contribution in [3.8, 4) is 5.75 Å². The van der Waals surface area contributed by atoms with Crippen molar-refractivity contribution in [1.82, 2.24) is 0 Å². The van der Waals surface area contributed by atoms with Crippen LogP contribution >= 0.6 is 12.4 Å². The van der Waals surface area contributed by atoms with Gasteiger partial charge in [-0.2, -0.15) is 0 Å². The van der Waals surface area contributed by atoms with Crippen LogP contribution in [0.5, 0.6) is 5.75 Å². The lowest BCUT2D eigenvalue weighted by atomic mass is 9.77. The largest absolute Gasteiger partial charge is 0.497 e. The monoisotopic (exact) mass is 275 g/mol. The highest BCUT2D eigenvalue weighted by molar-refractivity contribution is 5.85. The van der Waals surface area contributed by atoms with Crippen LogP contribution in [0.3, 0.4) is 0 Å². The molecule has 0 bridgehead atoms. The predicted octanol–water partition coefficient (Wildman–Crippen LogP) is 2.42. The smallest absolute Gasteiger partial charge is 0.131 e. The number of aliphatic hydroxyl groups is 1. The highest BCUT2D eigenvalue weighted by Gasteiger charge is 2.31. The van der Waals surface area contributed by atoms with Crippen molar-refractivity contribution in [1.29, 1.82) is 0 Å². The minimum absolute atomic E-state index is 0. The summed E-state index contributed by atoms with van der Waals surface area (Å²) in [5.41, 5.74) is 6.26. The molecule has 0 aromatic heterocycles. The first-order chi connectivity index (χ1) is 8.13. The fourth-order valence-corrected chi connectivity index (χ4v) is 2.16. The Bertz CT molecular complexity index is 399. The summed E-state index contributed by atoms with van der Waals surface area (Å²) in [6.45, 7) is 0. The van der Waals surface area contributed by atoms with E-state index in [1.807, 2.05) is 0 Å². The molecule has 0 spiro atoms. The second kappa shape index (κ2) is 6.36. The van der Waals surface area contributed by atoms with Gasteiger partial charge in [-0.3, -0.25) is 0 Å². The van der Waals surface area contributed by atoms with Gasteiger partial charge in [-0.15, -0.1) is 12.4 Å². The van der Waals surface area contributed by atoms with Gasteiger partial charge in [0.05, 0.1) is 19.3 Å². The first kappa shape index (κ1) is 15.2. The molecule has 0 amide bonds. The van der Waals surface area contributed by atoms with Gasteiger partial charge in [0.1, 0.15) is 11.6 Å². The van der Waals surface area contributed by atoms with E-state index in [0.29, 0.717) is 11.3 Å². The average molecular weight is 276 g/mol. The van der Waals surface area contributed by atoms with Crippen molar-refractivity contribution in [2.24, 2.45) is 11.7 Å². The van der Waals surface area contributed by atoms with Gasteiger partial charge < -0.3 is 15.6 Å². The highest BCUT2D eigenvalue weighted by Crippen LogP contribution is 2.35. The van der Waals surface area contributed by atoms with Crippen molar-refractivity contribution < 1.29 is 14.2 Å². The second-order valence-electron chi connectivity index (χ2n) is 4.59. The molecule has 2 atom stereocenters. The van der Waals surface area contributed by atoms with Gasteiger partial charge in [-0.05, 0) is 24.8 Å². The maximum atomic E-state index is 13.8. The number of nitrogens with two attached hydrogens (primary N) is 1. The molecule has 102 valence electrons. The Morgan fingerprint density at radius 1 is 1.44 bits per heavy atom. The molecule has 2 rings (SSSR count). The molecule has 0 radical (unpaired) electrons. The Kier molecular flexibility index (Phi) is 5.38. The van der Waals surface area contributed by atoms with E-state index in [0.717, 1.165) is 19.3 Å². The molecule has 18 heavy (non-hydrogen) atoms. The van der Waals surface area contributed by atoms with E-state index in [1.165, 1.54) is 13.2 Å². The Hall–Kier alpha value is -0.840.